The number of hydrogen-bond acceptors (Lipinski definition) is 6. The Morgan fingerprint density at radius 1 is 1.20 bits per heavy atom. The second kappa shape index (κ2) is 5.58. The Hall–Kier alpha value is -1.95. The quantitative estimate of drug-likeness (QED) is 0.877. The lowest BCUT2D eigenvalue weighted by atomic mass is 10.2. The van der Waals surface area contributed by atoms with Gasteiger partial charge in [0.15, 0.2) is 5.13 Å². The summed E-state index contributed by atoms with van der Waals surface area (Å²) in [5.74, 6) is 0.741. The van der Waals surface area contributed by atoms with Crippen molar-refractivity contribution in [1.82, 2.24) is 4.98 Å². The highest BCUT2D eigenvalue weighted by molar-refractivity contribution is 7.13. The zero-order valence-electron chi connectivity index (χ0n) is 11.5. The van der Waals surface area contributed by atoms with Crippen molar-refractivity contribution >= 4 is 27.8 Å². The van der Waals surface area contributed by atoms with Crippen LogP contribution in [0.1, 0.15) is 0 Å². The first-order chi connectivity index (χ1) is 9.78. The van der Waals surface area contributed by atoms with Crippen LogP contribution in [0.3, 0.4) is 0 Å². The van der Waals surface area contributed by atoms with Gasteiger partial charge < -0.3 is 20.3 Å². The molecule has 2 aromatic rings. The molecule has 3 rings (SSSR count). The maximum Gasteiger partial charge on any atom is 0.185 e. The van der Waals surface area contributed by atoms with Crippen molar-refractivity contribution in [3.05, 3.63) is 29.8 Å². The van der Waals surface area contributed by atoms with E-state index in [0.29, 0.717) is 5.69 Å². The number of methoxy groups -OCH3 is 1. The third-order valence-corrected chi connectivity index (χ3v) is 4.38. The summed E-state index contributed by atoms with van der Waals surface area (Å²) >= 11 is 1.69. The average molecular weight is 290 g/mol. The van der Waals surface area contributed by atoms with E-state index in [0.717, 1.165) is 42.7 Å². The van der Waals surface area contributed by atoms with Crippen LogP contribution in [0.15, 0.2) is 29.8 Å². The second-order valence-corrected chi connectivity index (χ2v) is 5.59. The van der Waals surface area contributed by atoms with E-state index in [-0.39, 0.29) is 0 Å². The van der Waals surface area contributed by atoms with E-state index >= 15 is 0 Å². The molecule has 1 fully saturated rings. The van der Waals surface area contributed by atoms with Crippen LogP contribution in [-0.2, 0) is 0 Å². The molecule has 1 aromatic heterocycles. The van der Waals surface area contributed by atoms with Gasteiger partial charge >= 0.3 is 0 Å². The highest BCUT2D eigenvalue weighted by Crippen LogP contribution is 2.28. The number of thiazole rings is 1. The van der Waals surface area contributed by atoms with Crippen molar-refractivity contribution in [3.8, 4) is 5.75 Å². The van der Waals surface area contributed by atoms with E-state index in [1.807, 2.05) is 23.7 Å². The van der Waals surface area contributed by atoms with Gasteiger partial charge in [-0.2, -0.15) is 0 Å². The molecule has 0 atom stereocenters. The van der Waals surface area contributed by atoms with Crippen molar-refractivity contribution in [2.45, 2.75) is 0 Å². The zero-order valence-corrected chi connectivity index (χ0v) is 12.3. The van der Waals surface area contributed by atoms with E-state index in [2.05, 4.69) is 20.9 Å². The van der Waals surface area contributed by atoms with Gasteiger partial charge in [-0.15, -0.1) is 11.3 Å². The molecule has 1 aromatic carbocycles. The first-order valence-corrected chi connectivity index (χ1v) is 7.49. The van der Waals surface area contributed by atoms with Gasteiger partial charge in [-0.1, -0.05) is 0 Å². The lowest BCUT2D eigenvalue weighted by molar-refractivity contribution is 0.417. The van der Waals surface area contributed by atoms with E-state index in [1.54, 1.807) is 18.4 Å². The van der Waals surface area contributed by atoms with Crippen molar-refractivity contribution in [2.75, 3.05) is 48.8 Å². The van der Waals surface area contributed by atoms with Gasteiger partial charge in [0, 0.05) is 49.5 Å². The number of aromatic nitrogens is 1. The largest absolute Gasteiger partial charge is 0.495 e. The molecular weight excluding hydrogens is 272 g/mol. The fraction of sp³-hybridized carbons (Fsp3) is 0.357. The van der Waals surface area contributed by atoms with Gasteiger partial charge in [-0.3, -0.25) is 0 Å². The number of anilines is 3. The summed E-state index contributed by atoms with van der Waals surface area (Å²) in [5, 5.41) is 3.13. The van der Waals surface area contributed by atoms with Crippen LogP contribution in [0.5, 0.6) is 5.75 Å². The van der Waals surface area contributed by atoms with Gasteiger partial charge in [-0.05, 0) is 12.1 Å². The third kappa shape index (κ3) is 2.51. The van der Waals surface area contributed by atoms with Gasteiger partial charge in [0.25, 0.3) is 0 Å². The Labute approximate surface area is 122 Å². The Morgan fingerprint density at radius 3 is 2.60 bits per heavy atom. The maximum atomic E-state index is 5.86. The van der Waals surface area contributed by atoms with E-state index < -0.39 is 0 Å². The number of piperazine rings is 1. The summed E-state index contributed by atoms with van der Waals surface area (Å²) in [6.45, 7) is 3.93. The van der Waals surface area contributed by atoms with Crippen molar-refractivity contribution in [2.24, 2.45) is 0 Å². The number of nitrogens with two attached hydrogens (primary N) is 1. The van der Waals surface area contributed by atoms with Crippen molar-refractivity contribution < 1.29 is 4.74 Å². The van der Waals surface area contributed by atoms with Crippen LogP contribution in [0.25, 0.3) is 0 Å². The molecule has 2 N–H and O–H groups in total. The van der Waals surface area contributed by atoms with Crippen LogP contribution in [0.2, 0.25) is 0 Å². The Kier molecular flexibility index (Phi) is 3.64. The molecule has 0 unspecified atom stereocenters. The Balaban J connectivity index is 1.69. The summed E-state index contributed by atoms with van der Waals surface area (Å²) in [6, 6.07) is 5.96. The number of nitrogen functional groups attached to an aromatic ring is 1. The molecule has 0 aliphatic carbocycles. The maximum absolute atomic E-state index is 5.86. The van der Waals surface area contributed by atoms with E-state index in [4.69, 9.17) is 10.5 Å². The van der Waals surface area contributed by atoms with E-state index in [9.17, 15) is 0 Å². The Morgan fingerprint density at radius 2 is 1.95 bits per heavy atom. The molecule has 20 heavy (non-hydrogen) atoms. The first-order valence-electron chi connectivity index (χ1n) is 6.61. The summed E-state index contributed by atoms with van der Waals surface area (Å²) < 4.78 is 5.29. The predicted molar refractivity (Wildman–Crippen MR) is 83.9 cm³/mol. The summed E-state index contributed by atoms with van der Waals surface area (Å²) in [4.78, 5) is 9.05. The minimum absolute atomic E-state index is 0.678. The molecule has 1 aliphatic rings. The first kappa shape index (κ1) is 13.1. The number of rotatable bonds is 3. The van der Waals surface area contributed by atoms with Gasteiger partial charge in [0.1, 0.15) is 5.75 Å². The molecule has 0 saturated carbocycles. The van der Waals surface area contributed by atoms with Crippen molar-refractivity contribution in [3.63, 3.8) is 0 Å². The van der Waals surface area contributed by atoms with Crippen LogP contribution < -0.4 is 20.3 Å². The van der Waals surface area contributed by atoms with Gasteiger partial charge in [0.2, 0.25) is 0 Å². The van der Waals surface area contributed by atoms with E-state index in [1.165, 1.54) is 0 Å². The van der Waals surface area contributed by atoms with Crippen LogP contribution in [0, 0.1) is 0 Å². The lowest BCUT2D eigenvalue weighted by Gasteiger charge is -2.36. The van der Waals surface area contributed by atoms with Crippen molar-refractivity contribution in [1.29, 1.82) is 0 Å². The fourth-order valence-electron chi connectivity index (χ4n) is 2.42. The number of hydrogen-bond donors (Lipinski definition) is 1. The molecule has 0 spiro atoms. The molecule has 5 nitrogen and oxygen atoms in total. The molecule has 2 heterocycles. The Bertz CT molecular complexity index is 565. The zero-order chi connectivity index (χ0) is 13.9. The second-order valence-electron chi connectivity index (χ2n) is 4.72. The third-order valence-electron chi connectivity index (χ3n) is 3.55. The molecule has 6 heteroatoms. The van der Waals surface area contributed by atoms with Crippen LogP contribution in [0.4, 0.5) is 16.5 Å². The number of ether oxygens (including phenoxy) is 1. The van der Waals surface area contributed by atoms with Gasteiger partial charge in [0.05, 0.1) is 12.8 Å². The number of nitrogens with zero attached hydrogens (tertiary/aromatic N) is 3. The fourth-order valence-corrected chi connectivity index (χ4v) is 3.12. The molecule has 1 saturated heterocycles. The average Bonchev–Trinajstić information content (AvgIpc) is 3.02. The molecule has 0 bridgehead atoms. The standard InChI is InChI=1S/C14H18N4OS/c1-19-13-10-11(2-3-12(13)15)17-5-7-18(8-6-17)14-16-4-9-20-14/h2-4,9-10H,5-8,15H2,1H3. The smallest absolute Gasteiger partial charge is 0.185 e. The highest BCUT2D eigenvalue weighted by atomic mass is 32.1. The van der Waals surface area contributed by atoms with Crippen LogP contribution in [-0.4, -0.2) is 38.3 Å². The summed E-state index contributed by atoms with van der Waals surface area (Å²) in [6.07, 6.45) is 1.86. The molecular formula is C14H18N4OS. The summed E-state index contributed by atoms with van der Waals surface area (Å²) in [7, 11) is 1.65. The SMILES string of the molecule is COc1cc(N2CCN(c3nccs3)CC2)ccc1N. The monoisotopic (exact) mass is 290 g/mol. The minimum Gasteiger partial charge on any atom is -0.495 e. The predicted octanol–water partition coefficient (Wildman–Crippen LogP) is 2.06. The lowest BCUT2D eigenvalue weighted by Crippen LogP contribution is -2.46. The molecule has 106 valence electrons. The minimum atomic E-state index is 0.678. The molecule has 1 aliphatic heterocycles. The highest BCUT2D eigenvalue weighted by Gasteiger charge is 2.19. The van der Waals surface area contributed by atoms with Crippen LogP contribution >= 0.6 is 11.3 Å². The van der Waals surface area contributed by atoms with Gasteiger partial charge in [-0.25, -0.2) is 4.98 Å². The molecule has 0 amide bonds. The topological polar surface area (TPSA) is 54.6 Å². The number of benzene rings is 1. The molecule has 0 radical (unpaired) electrons. The summed E-state index contributed by atoms with van der Waals surface area (Å²) in [5.41, 5.74) is 7.70. The normalized spacial score (nSPS) is 15.4.